The molecule has 0 saturated heterocycles. The Morgan fingerprint density at radius 2 is 2.05 bits per heavy atom. The molecule has 100 valence electrons. The highest BCUT2D eigenvalue weighted by molar-refractivity contribution is 8.00. The number of carbonyl (C=O) groups excluding carboxylic acids is 1. The fraction of sp³-hybridized carbons (Fsp3) is 0.333. The van der Waals surface area contributed by atoms with E-state index in [9.17, 15) is 4.79 Å². The van der Waals surface area contributed by atoms with Crippen molar-refractivity contribution in [3.05, 3.63) is 30.3 Å². The molecule has 0 bridgehead atoms. The number of para-hydroxylation sites is 1. The van der Waals surface area contributed by atoms with Crippen molar-refractivity contribution in [3.8, 4) is 0 Å². The van der Waals surface area contributed by atoms with Crippen molar-refractivity contribution < 1.29 is 4.79 Å². The van der Waals surface area contributed by atoms with Crippen LogP contribution in [0.2, 0.25) is 0 Å². The monoisotopic (exact) mass is 277 g/mol. The summed E-state index contributed by atoms with van der Waals surface area (Å²) in [6.07, 6.45) is 0. The standard InChI is InChI=1S/C12H15N5OS/c1-9(19-12-13-14-15-17(12)3)11(18)16(2)10-7-5-4-6-8-10/h4-9H,1-3H3/t9-/m1/s1. The molecule has 2 rings (SSSR count). The molecule has 0 aliphatic heterocycles. The summed E-state index contributed by atoms with van der Waals surface area (Å²) >= 11 is 1.34. The number of carbonyl (C=O) groups is 1. The van der Waals surface area contributed by atoms with Gasteiger partial charge >= 0.3 is 0 Å². The molecule has 6 nitrogen and oxygen atoms in total. The van der Waals surface area contributed by atoms with Gasteiger partial charge in [-0.3, -0.25) is 4.79 Å². The van der Waals surface area contributed by atoms with Gasteiger partial charge in [0.25, 0.3) is 0 Å². The van der Waals surface area contributed by atoms with Crippen LogP contribution in [0.3, 0.4) is 0 Å². The second kappa shape index (κ2) is 5.83. The first-order chi connectivity index (χ1) is 9.09. The first kappa shape index (κ1) is 13.5. The van der Waals surface area contributed by atoms with Crippen molar-refractivity contribution in [1.29, 1.82) is 0 Å². The molecule has 1 atom stereocenters. The third-order valence-electron chi connectivity index (χ3n) is 2.69. The number of hydrogen-bond acceptors (Lipinski definition) is 5. The Morgan fingerprint density at radius 1 is 1.37 bits per heavy atom. The Bertz CT molecular complexity index is 556. The SMILES string of the molecule is C[C@@H](Sc1nnnn1C)C(=O)N(C)c1ccccc1. The maximum atomic E-state index is 12.3. The van der Waals surface area contributed by atoms with E-state index in [0.717, 1.165) is 5.69 Å². The van der Waals surface area contributed by atoms with E-state index in [0.29, 0.717) is 5.16 Å². The summed E-state index contributed by atoms with van der Waals surface area (Å²) in [7, 11) is 3.52. The van der Waals surface area contributed by atoms with E-state index >= 15 is 0 Å². The van der Waals surface area contributed by atoms with Crippen LogP contribution < -0.4 is 4.90 Å². The maximum absolute atomic E-state index is 12.3. The van der Waals surface area contributed by atoms with Crippen LogP contribution >= 0.6 is 11.8 Å². The molecule has 0 aliphatic carbocycles. The first-order valence-electron chi connectivity index (χ1n) is 5.81. The van der Waals surface area contributed by atoms with Crippen molar-refractivity contribution in [3.63, 3.8) is 0 Å². The number of benzene rings is 1. The quantitative estimate of drug-likeness (QED) is 0.789. The molecular formula is C12H15N5OS. The Balaban J connectivity index is 2.05. The Kier molecular flexibility index (Phi) is 4.16. The Morgan fingerprint density at radius 3 is 2.63 bits per heavy atom. The zero-order chi connectivity index (χ0) is 13.8. The van der Waals surface area contributed by atoms with Crippen molar-refractivity contribution in [1.82, 2.24) is 20.2 Å². The molecule has 0 aliphatic rings. The molecule has 2 aromatic rings. The molecule has 0 saturated carbocycles. The summed E-state index contributed by atoms with van der Waals surface area (Å²) < 4.78 is 1.55. The van der Waals surface area contributed by atoms with Gasteiger partial charge in [0.2, 0.25) is 11.1 Å². The van der Waals surface area contributed by atoms with Crippen LogP contribution in [0.25, 0.3) is 0 Å². The first-order valence-corrected chi connectivity index (χ1v) is 6.69. The number of rotatable bonds is 4. The van der Waals surface area contributed by atoms with Gasteiger partial charge < -0.3 is 4.90 Å². The molecule has 0 N–H and O–H groups in total. The van der Waals surface area contributed by atoms with Crippen molar-refractivity contribution in [2.24, 2.45) is 7.05 Å². The molecule has 1 aromatic carbocycles. The fourth-order valence-corrected chi connectivity index (χ4v) is 2.43. The summed E-state index contributed by atoms with van der Waals surface area (Å²) in [5, 5.41) is 11.5. The number of hydrogen-bond donors (Lipinski definition) is 0. The second-order valence-electron chi connectivity index (χ2n) is 4.08. The number of thioether (sulfide) groups is 1. The predicted molar refractivity (Wildman–Crippen MR) is 74.0 cm³/mol. The van der Waals surface area contributed by atoms with Crippen LogP contribution in [0.15, 0.2) is 35.5 Å². The minimum absolute atomic E-state index is 0.0131. The van der Waals surface area contributed by atoms with E-state index in [1.165, 1.54) is 11.8 Å². The molecule has 1 aromatic heterocycles. The number of nitrogens with zero attached hydrogens (tertiary/aromatic N) is 5. The van der Waals surface area contributed by atoms with Gasteiger partial charge in [0.15, 0.2) is 0 Å². The average molecular weight is 277 g/mol. The van der Waals surface area contributed by atoms with Gasteiger partial charge in [-0.2, -0.15) is 0 Å². The van der Waals surface area contributed by atoms with E-state index < -0.39 is 0 Å². The van der Waals surface area contributed by atoms with Gasteiger partial charge in [-0.05, 0) is 29.5 Å². The molecule has 1 amide bonds. The normalized spacial score (nSPS) is 12.2. The number of anilines is 1. The summed E-state index contributed by atoms with van der Waals surface area (Å²) in [5.41, 5.74) is 0.871. The topological polar surface area (TPSA) is 63.9 Å². The molecule has 19 heavy (non-hydrogen) atoms. The number of amides is 1. The predicted octanol–water partition coefficient (Wildman–Crippen LogP) is 1.35. The lowest BCUT2D eigenvalue weighted by atomic mass is 10.3. The molecule has 0 fully saturated rings. The van der Waals surface area contributed by atoms with Gasteiger partial charge in [0.05, 0.1) is 5.25 Å². The lowest BCUT2D eigenvalue weighted by molar-refractivity contribution is -0.117. The molecule has 0 unspecified atom stereocenters. The zero-order valence-electron chi connectivity index (χ0n) is 11.0. The zero-order valence-corrected chi connectivity index (χ0v) is 11.8. The van der Waals surface area contributed by atoms with E-state index in [-0.39, 0.29) is 11.2 Å². The average Bonchev–Trinajstić information content (AvgIpc) is 2.83. The van der Waals surface area contributed by atoms with Gasteiger partial charge in [0.1, 0.15) is 0 Å². The summed E-state index contributed by atoms with van der Waals surface area (Å²) in [6, 6.07) is 9.54. The van der Waals surface area contributed by atoms with Gasteiger partial charge in [-0.1, -0.05) is 30.0 Å². The molecule has 7 heteroatoms. The number of tetrazole rings is 1. The smallest absolute Gasteiger partial charge is 0.240 e. The Hall–Kier alpha value is -1.89. The van der Waals surface area contributed by atoms with Crippen molar-refractivity contribution in [2.45, 2.75) is 17.3 Å². The lowest BCUT2D eigenvalue weighted by Crippen LogP contribution is -2.33. The highest BCUT2D eigenvalue weighted by atomic mass is 32.2. The van der Waals surface area contributed by atoms with Crippen molar-refractivity contribution >= 4 is 23.4 Å². The number of aryl methyl sites for hydroxylation is 1. The van der Waals surface area contributed by atoms with E-state index in [2.05, 4.69) is 15.5 Å². The number of aromatic nitrogens is 4. The van der Waals surface area contributed by atoms with E-state index in [1.807, 2.05) is 37.3 Å². The van der Waals surface area contributed by atoms with Crippen molar-refractivity contribution in [2.75, 3.05) is 11.9 Å². The van der Waals surface area contributed by atoms with Crippen LogP contribution in [-0.2, 0) is 11.8 Å². The summed E-state index contributed by atoms with van der Waals surface area (Å²) in [5.74, 6) is 0.0131. The molecule has 1 heterocycles. The van der Waals surface area contributed by atoms with Crippen LogP contribution in [0.4, 0.5) is 5.69 Å². The Labute approximate surface area is 115 Å². The minimum atomic E-state index is -0.255. The molecule has 0 spiro atoms. The van der Waals surface area contributed by atoms with Crippen LogP contribution in [0.1, 0.15) is 6.92 Å². The van der Waals surface area contributed by atoms with Gasteiger partial charge in [-0.15, -0.1) is 5.10 Å². The second-order valence-corrected chi connectivity index (χ2v) is 5.39. The van der Waals surface area contributed by atoms with Crippen LogP contribution in [-0.4, -0.2) is 38.4 Å². The maximum Gasteiger partial charge on any atom is 0.240 e. The van der Waals surface area contributed by atoms with E-state index in [1.54, 1.807) is 23.7 Å². The summed E-state index contributed by atoms with van der Waals surface area (Å²) in [6.45, 7) is 1.85. The van der Waals surface area contributed by atoms with Gasteiger partial charge in [-0.25, -0.2) is 4.68 Å². The van der Waals surface area contributed by atoms with Crippen LogP contribution in [0, 0.1) is 0 Å². The minimum Gasteiger partial charge on any atom is -0.315 e. The van der Waals surface area contributed by atoms with Gasteiger partial charge in [0, 0.05) is 19.8 Å². The van der Waals surface area contributed by atoms with E-state index in [4.69, 9.17) is 0 Å². The summed E-state index contributed by atoms with van der Waals surface area (Å²) in [4.78, 5) is 13.9. The third-order valence-corrected chi connectivity index (χ3v) is 3.80. The lowest BCUT2D eigenvalue weighted by Gasteiger charge is -2.20. The highest BCUT2D eigenvalue weighted by Crippen LogP contribution is 2.22. The highest BCUT2D eigenvalue weighted by Gasteiger charge is 2.21. The molecular weight excluding hydrogens is 262 g/mol. The molecule has 0 radical (unpaired) electrons. The largest absolute Gasteiger partial charge is 0.315 e. The van der Waals surface area contributed by atoms with Crippen LogP contribution in [0.5, 0.6) is 0 Å². The third kappa shape index (κ3) is 3.11. The fourth-order valence-electron chi connectivity index (χ4n) is 1.58.